The summed E-state index contributed by atoms with van der Waals surface area (Å²) in [6.07, 6.45) is 1.74. The number of urea groups is 1. The number of carbonyl (C=O) groups excluding carboxylic acids is 1. The first-order chi connectivity index (χ1) is 10.5. The van der Waals surface area contributed by atoms with Crippen LogP contribution in [-0.4, -0.2) is 42.3 Å². The van der Waals surface area contributed by atoms with Crippen molar-refractivity contribution in [1.82, 2.24) is 4.90 Å². The number of aryl methyl sites for hydroxylation is 1. The molecule has 5 nitrogen and oxygen atoms in total. The average molecular weight is 314 g/mol. The Hall–Kier alpha value is -1.89. The summed E-state index contributed by atoms with van der Waals surface area (Å²) >= 11 is 0. The molecule has 0 bridgehead atoms. The van der Waals surface area contributed by atoms with E-state index in [2.05, 4.69) is 10.1 Å². The number of carbonyl (C=O) groups is 1. The molecular weight excluding hydrogens is 294 g/mol. The van der Waals surface area contributed by atoms with Crippen LogP contribution in [0.2, 0.25) is 0 Å². The predicted octanol–water partition coefficient (Wildman–Crippen LogP) is 2.83. The summed E-state index contributed by atoms with van der Waals surface area (Å²) in [5.74, 6) is 0.134. The number of aliphatic hydroxyl groups is 1. The number of piperidine rings is 1. The summed E-state index contributed by atoms with van der Waals surface area (Å²) in [6.45, 7) is -0.0824. The molecular formula is C15H20F2N2O3. The van der Waals surface area contributed by atoms with Gasteiger partial charge < -0.3 is 20.1 Å². The quantitative estimate of drug-likeness (QED) is 0.898. The Morgan fingerprint density at radius 1 is 1.55 bits per heavy atom. The van der Waals surface area contributed by atoms with E-state index in [1.165, 1.54) is 6.07 Å². The first-order valence-corrected chi connectivity index (χ1v) is 7.22. The van der Waals surface area contributed by atoms with E-state index >= 15 is 0 Å². The Morgan fingerprint density at radius 2 is 2.32 bits per heavy atom. The van der Waals surface area contributed by atoms with Crippen molar-refractivity contribution in [3.8, 4) is 5.75 Å². The second kappa shape index (κ2) is 7.40. The molecule has 0 aliphatic carbocycles. The Morgan fingerprint density at radius 3 is 3.00 bits per heavy atom. The monoisotopic (exact) mass is 314 g/mol. The van der Waals surface area contributed by atoms with Gasteiger partial charge in [0.2, 0.25) is 0 Å². The molecule has 1 aromatic rings. The van der Waals surface area contributed by atoms with Crippen molar-refractivity contribution in [2.24, 2.45) is 5.92 Å². The highest BCUT2D eigenvalue weighted by atomic mass is 19.3. The number of amides is 2. The van der Waals surface area contributed by atoms with Crippen molar-refractivity contribution in [2.45, 2.75) is 26.4 Å². The molecule has 1 aliphatic rings. The highest BCUT2D eigenvalue weighted by Gasteiger charge is 2.23. The molecule has 1 aromatic carbocycles. The van der Waals surface area contributed by atoms with Gasteiger partial charge in [-0.05, 0) is 37.3 Å². The molecule has 122 valence electrons. The summed E-state index contributed by atoms with van der Waals surface area (Å²) < 4.78 is 29.1. The van der Waals surface area contributed by atoms with Gasteiger partial charge in [-0.25, -0.2) is 4.79 Å². The van der Waals surface area contributed by atoms with E-state index in [1.54, 1.807) is 24.0 Å². The van der Waals surface area contributed by atoms with Gasteiger partial charge in [0.15, 0.2) is 0 Å². The van der Waals surface area contributed by atoms with Crippen LogP contribution in [0.5, 0.6) is 5.75 Å². The SMILES string of the molecule is Cc1ccc(NC(=O)N2CCCC(CO)C2)cc1OC(F)F. The molecule has 1 unspecified atom stereocenters. The number of anilines is 1. The van der Waals surface area contributed by atoms with Crippen LogP contribution in [0.1, 0.15) is 18.4 Å². The van der Waals surface area contributed by atoms with Crippen LogP contribution >= 0.6 is 0 Å². The molecule has 0 radical (unpaired) electrons. The van der Waals surface area contributed by atoms with Gasteiger partial charge in [0.1, 0.15) is 5.75 Å². The van der Waals surface area contributed by atoms with E-state index in [-0.39, 0.29) is 24.3 Å². The number of hydrogen-bond acceptors (Lipinski definition) is 3. The van der Waals surface area contributed by atoms with E-state index in [4.69, 9.17) is 0 Å². The molecule has 1 fully saturated rings. The van der Waals surface area contributed by atoms with Crippen LogP contribution < -0.4 is 10.1 Å². The van der Waals surface area contributed by atoms with Gasteiger partial charge in [-0.2, -0.15) is 8.78 Å². The van der Waals surface area contributed by atoms with E-state index in [1.807, 2.05) is 0 Å². The fourth-order valence-electron chi connectivity index (χ4n) is 2.50. The van der Waals surface area contributed by atoms with Crippen LogP contribution in [0, 0.1) is 12.8 Å². The Balaban J connectivity index is 2.02. The Labute approximate surface area is 127 Å². The molecule has 2 N–H and O–H groups in total. The standard InChI is InChI=1S/C15H20F2N2O3/c1-10-4-5-12(7-13(10)22-14(16)17)18-15(21)19-6-2-3-11(8-19)9-20/h4-5,7,11,14,20H,2-3,6,8-9H2,1H3,(H,18,21). The van der Waals surface area contributed by atoms with Gasteiger partial charge in [-0.3, -0.25) is 0 Å². The molecule has 1 heterocycles. The smallest absolute Gasteiger partial charge is 0.387 e. The second-order valence-corrected chi connectivity index (χ2v) is 5.43. The molecule has 22 heavy (non-hydrogen) atoms. The maximum Gasteiger partial charge on any atom is 0.387 e. The lowest BCUT2D eigenvalue weighted by atomic mass is 9.99. The minimum atomic E-state index is -2.91. The number of benzene rings is 1. The maximum absolute atomic E-state index is 12.3. The first-order valence-electron chi connectivity index (χ1n) is 7.22. The number of rotatable bonds is 4. The lowest BCUT2D eigenvalue weighted by Crippen LogP contribution is -2.43. The van der Waals surface area contributed by atoms with Gasteiger partial charge in [-0.15, -0.1) is 0 Å². The van der Waals surface area contributed by atoms with Crippen LogP contribution in [0.3, 0.4) is 0 Å². The zero-order valence-electron chi connectivity index (χ0n) is 12.4. The molecule has 0 aromatic heterocycles. The van der Waals surface area contributed by atoms with Gasteiger partial charge in [0.25, 0.3) is 0 Å². The Bertz CT molecular complexity index is 526. The zero-order chi connectivity index (χ0) is 16.1. The third kappa shape index (κ3) is 4.30. The van der Waals surface area contributed by atoms with Crippen LogP contribution in [0.15, 0.2) is 18.2 Å². The van der Waals surface area contributed by atoms with Gasteiger partial charge in [-0.1, -0.05) is 6.07 Å². The van der Waals surface area contributed by atoms with Gasteiger partial charge in [0, 0.05) is 31.5 Å². The third-order valence-electron chi connectivity index (χ3n) is 3.72. The molecule has 1 saturated heterocycles. The maximum atomic E-state index is 12.3. The summed E-state index contributed by atoms with van der Waals surface area (Å²) in [7, 11) is 0. The van der Waals surface area contributed by atoms with E-state index < -0.39 is 6.61 Å². The zero-order valence-corrected chi connectivity index (χ0v) is 12.4. The molecule has 7 heteroatoms. The number of nitrogens with zero attached hydrogens (tertiary/aromatic N) is 1. The van der Waals surface area contributed by atoms with Crippen molar-refractivity contribution in [2.75, 3.05) is 25.0 Å². The third-order valence-corrected chi connectivity index (χ3v) is 3.72. The summed E-state index contributed by atoms with van der Waals surface area (Å²) in [5, 5.41) is 11.9. The fraction of sp³-hybridized carbons (Fsp3) is 0.533. The van der Waals surface area contributed by atoms with Gasteiger partial charge in [0.05, 0.1) is 0 Å². The number of hydrogen-bond donors (Lipinski definition) is 2. The van der Waals surface area contributed by atoms with Gasteiger partial charge >= 0.3 is 12.6 Å². The predicted molar refractivity (Wildman–Crippen MR) is 78.2 cm³/mol. The van der Waals surface area contributed by atoms with Crippen LogP contribution in [0.4, 0.5) is 19.3 Å². The van der Waals surface area contributed by atoms with E-state index in [0.717, 1.165) is 12.8 Å². The number of ether oxygens (including phenoxy) is 1. The van der Waals surface area contributed by atoms with Crippen molar-refractivity contribution < 1.29 is 23.4 Å². The van der Waals surface area contributed by atoms with Crippen molar-refractivity contribution >= 4 is 11.7 Å². The summed E-state index contributed by atoms with van der Waals surface area (Å²) in [5.41, 5.74) is 0.967. The number of alkyl halides is 2. The largest absolute Gasteiger partial charge is 0.434 e. The second-order valence-electron chi connectivity index (χ2n) is 5.43. The minimum Gasteiger partial charge on any atom is -0.434 e. The minimum absolute atomic E-state index is 0.0414. The average Bonchev–Trinajstić information content (AvgIpc) is 2.50. The van der Waals surface area contributed by atoms with E-state index in [0.29, 0.717) is 24.3 Å². The highest BCUT2D eigenvalue weighted by Crippen LogP contribution is 2.25. The Kier molecular flexibility index (Phi) is 5.54. The normalized spacial score (nSPS) is 18.4. The molecule has 1 atom stereocenters. The summed E-state index contributed by atoms with van der Waals surface area (Å²) in [6, 6.07) is 4.33. The fourth-order valence-corrected chi connectivity index (χ4v) is 2.50. The highest BCUT2D eigenvalue weighted by molar-refractivity contribution is 5.89. The van der Waals surface area contributed by atoms with E-state index in [9.17, 15) is 18.7 Å². The van der Waals surface area contributed by atoms with Crippen molar-refractivity contribution in [1.29, 1.82) is 0 Å². The molecule has 0 saturated carbocycles. The van der Waals surface area contributed by atoms with Crippen molar-refractivity contribution in [3.05, 3.63) is 23.8 Å². The topological polar surface area (TPSA) is 61.8 Å². The summed E-state index contributed by atoms with van der Waals surface area (Å²) in [4.78, 5) is 13.8. The first kappa shape index (κ1) is 16.5. The molecule has 2 rings (SSSR count). The number of nitrogens with one attached hydrogen (secondary N) is 1. The molecule has 0 spiro atoms. The lowest BCUT2D eigenvalue weighted by Gasteiger charge is -2.31. The molecule has 1 aliphatic heterocycles. The molecule has 2 amide bonds. The van der Waals surface area contributed by atoms with Crippen LogP contribution in [0.25, 0.3) is 0 Å². The van der Waals surface area contributed by atoms with Crippen LogP contribution in [-0.2, 0) is 0 Å². The number of likely N-dealkylation sites (tertiary alicyclic amines) is 1. The van der Waals surface area contributed by atoms with Crippen molar-refractivity contribution in [3.63, 3.8) is 0 Å². The lowest BCUT2D eigenvalue weighted by molar-refractivity contribution is -0.0502. The number of aliphatic hydroxyl groups excluding tert-OH is 1. The number of halogens is 2.